The lowest BCUT2D eigenvalue weighted by atomic mass is 10.1. The van der Waals surface area contributed by atoms with Crippen molar-refractivity contribution in [2.45, 2.75) is 24.7 Å². The van der Waals surface area contributed by atoms with E-state index in [1.54, 1.807) is 0 Å². The number of benzene rings is 1. The van der Waals surface area contributed by atoms with E-state index < -0.39 is 15.8 Å². The van der Waals surface area contributed by atoms with Crippen molar-refractivity contribution >= 4 is 15.7 Å². The van der Waals surface area contributed by atoms with Gasteiger partial charge in [0.25, 0.3) is 0 Å². The van der Waals surface area contributed by atoms with Gasteiger partial charge in [0.2, 0.25) is 10.0 Å². The standard InChI is InChI=1S/C12H17FN2O2S/c1-8(9-2-3-9)7-15-18(16,17)12-5-4-10(14)6-11(12)13/h4-6,8-9,15H,2-3,7,14H2,1H3. The second-order valence-corrected chi connectivity index (χ2v) is 6.59. The van der Waals surface area contributed by atoms with Crippen LogP contribution in [0.2, 0.25) is 0 Å². The minimum absolute atomic E-state index is 0.206. The minimum Gasteiger partial charge on any atom is -0.399 e. The highest BCUT2D eigenvalue weighted by atomic mass is 32.2. The molecule has 1 unspecified atom stereocenters. The molecule has 100 valence electrons. The van der Waals surface area contributed by atoms with Gasteiger partial charge in [-0.15, -0.1) is 0 Å². The van der Waals surface area contributed by atoms with Crippen molar-refractivity contribution in [2.24, 2.45) is 11.8 Å². The van der Waals surface area contributed by atoms with E-state index >= 15 is 0 Å². The van der Waals surface area contributed by atoms with Gasteiger partial charge in [0.15, 0.2) is 0 Å². The average Bonchev–Trinajstić information content (AvgIpc) is 3.09. The van der Waals surface area contributed by atoms with Crippen LogP contribution in [0.1, 0.15) is 19.8 Å². The van der Waals surface area contributed by atoms with Crippen molar-refractivity contribution in [2.75, 3.05) is 12.3 Å². The SMILES string of the molecule is CC(CNS(=O)(=O)c1ccc(N)cc1F)C1CC1. The van der Waals surface area contributed by atoms with Crippen LogP contribution in [0, 0.1) is 17.7 Å². The average molecular weight is 272 g/mol. The number of hydrogen-bond acceptors (Lipinski definition) is 3. The third-order valence-corrected chi connectivity index (χ3v) is 4.72. The van der Waals surface area contributed by atoms with Gasteiger partial charge in [-0.25, -0.2) is 17.5 Å². The Labute approximate surface area is 106 Å². The molecule has 0 heterocycles. The Hall–Kier alpha value is -1.14. The quantitative estimate of drug-likeness (QED) is 0.802. The normalized spacial score (nSPS) is 17.7. The molecule has 0 aromatic heterocycles. The summed E-state index contributed by atoms with van der Waals surface area (Å²) < 4.78 is 39.8. The number of rotatable bonds is 5. The van der Waals surface area contributed by atoms with E-state index in [4.69, 9.17) is 5.73 Å². The van der Waals surface area contributed by atoms with E-state index in [0.717, 1.165) is 18.9 Å². The maximum Gasteiger partial charge on any atom is 0.243 e. The number of nitrogens with two attached hydrogens (primary N) is 1. The molecule has 2 rings (SSSR count). The molecule has 4 nitrogen and oxygen atoms in total. The molecule has 0 saturated heterocycles. The Balaban J connectivity index is 2.09. The smallest absolute Gasteiger partial charge is 0.243 e. The van der Waals surface area contributed by atoms with Crippen LogP contribution in [0.4, 0.5) is 10.1 Å². The zero-order valence-corrected chi connectivity index (χ0v) is 11.0. The van der Waals surface area contributed by atoms with Gasteiger partial charge in [0, 0.05) is 12.2 Å². The molecule has 1 aliphatic carbocycles. The summed E-state index contributed by atoms with van der Waals surface area (Å²) in [6.45, 7) is 2.34. The molecule has 1 aromatic rings. The molecule has 0 bridgehead atoms. The summed E-state index contributed by atoms with van der Waals surface area (Å²) in [6, 6.07) is 3.58. The Morgan fingerprint density at radius 3 is 2.72 bits per heavy atom. The lowest BCUT2D eigenvalue weighted by Gasteiger charge is -2.12. The number of anilines is 1. The van der Waals surface area contributed by atoms with Crippen molar-refractivity contribution in [3.05, 3.63) is 24.0 Å². The van der Waals surface area contributed by atoms with E-state index in [1.165, 1.54) is 12.1 Å². The number of nitrogens with one attached hydrogen (secondary N) is 1. The predicted octanol–water partition coefficient (Wildman–Crippen LogP) is 1.73. The molecular formula is C12H17FN2O2S. The van der Waals surface area contributed by atoms with Crippen molar-refractivity contribution in [3.63, 3.8) is 0 Å². The van der Waals surface area contributed by atoms with E-state index in [-0.39, 0.29) is 16.5 Å². The number of sulfonamides is 1. The van der Waals surface area contributed by atoms with Gasteiger partial charge in [-0.2, -0.15) is 0 Å². The van der Waals surface area contributed by atoms with Gasteiger partial charge in [-0.3, -0.25) is 0 Å². The molecule has 0 amide bonds. The van der Waals surface area contributed by atoms with Crippen LogP contribution in [0.3, 0.4) is 0 Å². The molecule has 6 heteroatoms. The van der Waals surface area contributed by atoms with Crippen molar-refractivity contribution < 1.29 is 12.8 Å². The molecule has 18 heavy (non-hydrogen) atoms. The zero-order valence-electron chi connectivity index (χ0n) is 10.2. The monoisotopic (exact) mass is 272 g/mol. The van der Waals surface area contributed by atoms with E-state index in [0.29, 0.717) is 12.5 Å². The van der Waals surface area contributed by atoms with Crippen LogP contribution in [-0.4, -0.2) is 15.0 Å². The maximum atomic E-state index is 13.5. The van der Waals surface area contributed by atoms with Gasteiger partial charge in [0.05, 0.1) is 0 Å². The fourth-order valence-electron chi connectivity index (χ4n) is 1.89. The van der Waals surface area contributed by atoms with Gasteiger partial charge in [-0.1, -0.05) is 6.92 Å². The Morgan fingerprint density at radius 2 is 2.17 bits per heavy atom. The molecular weight excluding hydrogens is 255 g/mol. The summed E-state index contributed by atoms with van der Waals surface area (Å²) in [5, 5.41) is 0. The third kappa shape index (κ3) is 3.00. The first-order chi connectivity index (χ1) is 8.40. The van der Waals surface area contributed by atoms with Crippen LogP contribution in [0.5, 0.6) is 0 Å². The molecule has 1 saturated carbocycles. The lowest BCUT2D eigenvalue weighted by molar-refractivity contribution is 0.489. The second kappa shape index (κ2) is 4.85. The topological polar surface area (TPSA) is 72.2 Å². The molecule has 0 radical (unpaired) electrons. The van der Waals surface area contributed by atoms with Crippen LogP contribution in [0.15, 0.2) is 23.1 Å². The number of nitrogen functional groups attached to an aromatic ring is 1. The fourth-order valence-corrected chi connectivity index (χ4v) is 3.09. The van der Waals surface area contributed by atoms with Crippen LogP contribution in [0.25, 0.3) is 0 Å². The van der Waals surface area contributed by atoms with Gasteiger partial charge in [0.1, 0.15) is 10.7 Å². The van der Waals surface area contributed by atoms with E-state index in [9.17, 15) is 12.8 Å². The molecule has 0 spiro atoms. The summed E-state index contributed by atoms with van der Waals surface area (Å²) in [7, 11) is -3.79. The maximum absolute atomic E-state index is 13.5. The van der Waals surface area contributed by atoms with Crippen molar-refractivity contribution in [1.82, 2.24) is 4.72 Å². The third-order valence-electron chi connectivity index (χ3n) is 3.27. The Morgan fingerprint density at radius 1 is 1.50 bits per heavy atom. The first-order valence-electron chi connectivity index (χ1n) is 5.95. The fraction of sp³-hybridized carbons (Fsp3) is 0.500. The summed E-state index contributed by atoms with van der Waals surface area (Å²) in [5.41, 5.74) is 5.59. The number of hydrogen-bond donors (Lipinski definition) is 2. The molecule has 1 fully saturated rings. The zero-order chi connectivity index (χ0) is 13.3. The molecule has 1 atom stereocenters. The van der Waals surface area contributed by atoms with Crippen molar-refractivity contribution in [1.29, 1.82) is 0 Å². The highest BCUT2D eigenvalue weighted by Crippen LogP contribution is 2.36. The lowest BCUT2D eigenvalue weighted by Crippen LogP contribution is -2.29. The van der Waals surface area contributed by atoms with Crippen LogP contribution < -0.4 is 10.5 Å². The minimum atomic E-state index is -3.79. The highest BCUT2D eigenvalue weighted by molar-refractivity contribution is 7.89. The van der Waals surface area contributed by atoms with Gasteiger partial charge < -0.3 is 5.73 Å². The van der Waals surface area contributed by atoms with E-state index in [1.807, 2.05) is 6.92 Å². The molecule has 0 aliphatic heterocycles. The van der Waals surface area contributed by atoms with Crippen LogP contribution >= 0.6 is 0 Å². The Kier molecular flexibility index (Phi) is 3.59. The first kappa shape index (κ1) is 13.3. The molecule has 1 aliphatic rings. The summed E-state index contributed by atoms with van der Waals surface area (Å²) in [6.07, 6.45) is 2.30. The number of halogens is 1. The predicted molar refractivity (Wildman–Crippen MR) is 67.9 cm³/mol. The largest absolute Gasteiger partial charge is 0.399 e. The summed E-state index contributed by atoms with van der Waals surface area (Å²) in [5.74, 6) is 0.0714. The summed E-state index contributed by atoms with van der Waals surface area (Å²) in [4.78, 5) is -0.348. The molecule has 3 N–H and O–H groups in total. The van der Waals surface area contributed by atoms with Gasteiger partial charge >= 0.3 is 0 Å². The second-order valence-electron chi connectivity index (χ2n) is 4.86. The molecule has 1 aromatic carbocycles. The highest BCUT2D eigenvalue weighted by Gasteiger charge is 2.29. The first-order valence-corrected chi connectivity index (χ1v) is 7.43. The van der Waals surface area contributed by atoms with Gasteiger partial charge in [-0.05, 0) is 42.9 Å². The Bertz CT molecular complexity index is 541. The van der Waals surface area contributed by atoms with E-state index in [2.05, 4.69) is 4.72 Å². The summed E-state index contributed by atoms with van der Waals surface area (Å²) >= 11 is 0. The van der Waals surface area contributed by atoms with Crippen molar-refractivity contribution in [3.8, 4) is 0 Å². The van der Waals surface area contributed by atoms with Crippen LogP contribution in [-0.2, 0) is 10.0 Å².